The fraction of sp³-hybridized carbons (Fsp3) is 0.211. The number of aryl methyl sites for hydroxylation is 1. The van der Waals surface area contributed by atoms with Crippen molar-refractivity contribution in [3.63, 3.8) is 0 Å². The molecule has 0 saturated carbocycles. The standard InChI is InChI=1S/C19H18N4O2/c1-3-23-12-20-16-11-14(9-10-17(16)23)18-21-19(25-22-18)13(2)24-15-7-5-4-6-8-15/h4-13H,3H2,1-2H3/t13-/m0/s1. The number of imidazole rings is 1. The Kier molecular flexibility index (Phi) is 3.93. The summed E-state index contributed by atoms with van der Waals surface area (Å²) in [5.74, 6) is 1.74. The Morgan fingerprint density at radius 2 is 2.00 bits per heavy atom. The van der Waals surface area contributed by atoms with Crippen LogP contribution in [0.3, 0.4) is 0 Å². The third-order valence-electron chi connectivity index (χ3n) is 4.07. The predicted molar refractivity (Wildman–Crippen MR) is 94.2 cm³/mol. The van der Waals surface area contributed by atoms with Gasteiger partial charge in [0.25, 0.3) is 5.89 Å². The lowest BCUT2D eigenvalue weighted by molar-refractivity contribution is 0.176. The summed E-state index contributed by atoms with van der Waals surface area (Å²) in [5.41, 5.74) is 2.88. The van der Waals surface area contributed by atoms with Crippen LogP contribution in [-0.2, 0) is 6.54 Å². The van der Waals surface area contributed by atoms with E-state index in [1.165, 1.54) is 0 Å². The summed E-state index contributed by atoms with van der Waals surface area (Å²) >= 11 is 0. The van der Waals surface area contributed by atoms with Crippen molar-refractivity contribution in [3.05, 3.63) is 60.7 Å². The molecule has 0 radical (unpaired) electrons. The van der Waals surface area contributed by atoms with E-state index in [0.29, 0.717) is 11.7 Å². The molecule has 2 aromatic heterocycles. The minimum atomic E-state index is -0.327. The normalized spacial score (nSPS) is 12.4. The van der Waals surface area contributed by atoms with Gasteiger partial charge in [-0.1, -0.05) is 23.4 Å². The van der Waals surface area contributed by atoms with Crippen LogP contribution in [0, 0.1) is 0 Å². The van der Waals surface area contributed by atoms with Gasteiger partial charge in [-0.3, -0.25) is 0 Å². The molecular formula is C19H18N4O2. The molecule has 4 aromatic rings. The number of para-hydroxylation sites is 1. The molecule has 6 heteroatoms. The molecule has 25 heavy (non-hydrogen) atoms. The fourth-order valence-electron chi connectivity index (χ4n) is 2.73. The summed E-state index contributed by atoms with van der Waals surface area (Å²) in [4.78, 5) is 8.90. The van der Waals surface area contributed by atoms with Gasteiger partial charge >= 0.3 is 0 Å². The van der Waals surface area contributed by atoms with Crippen molar-refractivity contribution < 1.29 is 9.26 Å². The molecule has 0 unspecified atom stereocenters. The number of nitrogens with zero attached hydrogens (tertiary/aromatic N) is 4. The van der Waals surface area contributed by atoms with E-state index >= 15 is 0 Å². The molecule has 2 heterocycles. The summed E-state index contributed by atoms with van der Waals surface area (Å²) in [5, 5.41) is 4.08. The number of aromatic nitrogens is 4. The zero-order valence-electron chi connectivity index (χ0n) is 14.1. The van der Waals surface area contributed by atoms with Gasteiger partial charge < -0.3 is 13.8 Å². The minimum Gasteiger partial charge on any atom is -0.481 e. The highest BCUT2D eigenvalue weighted by Crippen LogP contribution is 2.25. The first-order valence-corrected chi connectivity index (χ1v) is 8.25. The van der Waals surface area contributed by atoms with E-state index in [4.69, 9.17) is 9.26 Å². The lowest BCUT2D eigenvalue weighted by Crippen LogP contribution is -2.03. The van der Waals surface area contributed by atoms with Crippen molar-refractivity contribution in [1.29, 1.82) is 0 Å². The average molecular weight is 334 g/mol. The molecule has 0 aliphatic rings. The Balaban J connectivity index is 1.58. The second-order valence-corrected chi connectivity index (χ2v) is 5.76. The van der Waals surface area contributed by atoms with Crippen molar-refractivity contribution in [2.45, 2.75) is 26.5 Å². The molecule has 4 rings (SSSR count). The van der Waals surface area contributed by atoms with Crippen molar-refractivity contribution in [1.82, 2.24) is 19.7 Å². The number of benzene rings is 2. The summed E-state index contributed by atoms with van der Waals surface area (Å²) < 4.78 is 13.3. The van der Waals surface area contributed by atoms with Gasteiger partial charge in [0.05, 0.1) is 17.4 Å². The lowest BCUT2D eigenvalue weighted by Gasteiger charge is -2.09. The van der Waals surface area contributed by atoms with Crippen molar-refractivity contribution in [3.8, 4) is 17.1 Å². The molecule has 0 aliphatic heterocycles. The summed E-state index contributed by atoms with van der Waals surface area (Å²) in [6, 6.07) is 15.6. The van der Waals surface area contributed by atoms with Gasteiger partial charge in [0.2, 0.25) is 5.82 Å². The molecule has 0 saturated heterocycles. The first-order chi connectivity index (χ1) is 12.2. The molecule has 0 aliphatic carbocycles. The zero-order chi connectivity index (χ0) is 17.2. The van der Waals surface area contributed by atoms with E-state index < -0.39 is 0 Å². The van der Waals surface area contributed by atoms with Gasteiger partial charge in [-0.25, -0.2) is 4.98 Å². The van der Waals surface area contributed by atoms with Crippen LogP contribution in [0.2, 0.25) is 0 Å². The molecular weight excluding hydrogens is 316 g/mol. The average Bonchev–Trinajstić information content (AvgIpc) is 3.29. The molecule has 2 aromatic carbocycles. The van der Waals surface area contributed by atoms with Crippen molar-refractivity contribution in [2.75, 3.05) is 0 Å². The number of hydrogen-bond acceptors (Lipinski definition) is 5. The maximum Gasteiger partial charge on any atom is 0.267 e. The Morgan fingerprint density at radius 3 is 2.80 bits per heavy atom. The Labute approximate surface area is 145 Å². The molecule has 126 valence electrons. The van der Waals surface area contributed by atoms with Gasteiger partial charge in [0, 0.05) is 12.1 Å². The van der Waals surface area contributed by atoms with Crippen LogP contribution in [0.5, 0.6) is 5.75 Å². The van der Waals surface area contributed by atoms with Crippen LogP contribution in [0.15, 0.2) is 59.4 Å². The van der Waals surface area contributed by atoms with E-state index in [9.17, 15) is 0 Å². The van der Waals surface area contributed by atoms with E-state index in [0.717, 1.165) is 28.9 Å². The van der Waals surface area contributed by atoms with Gasteiger partial charge in [0.15, 0.2) is 6.10 Å². The predicted octanol–water partition coefficient (Wildman–Crippen LogP) is 4.25. The van der Waals surface area contributed by atoms with Gasteiger partial charge in [-0.2, -0.15) is 4.98 Å². The topological polar surface area (TPSA) is 66.0 Å². The van der Waals surface area contributed by atoms with Crippen molar-refractivity contribution >= 4 is 11.0 Å². The molecule has 0 spiro atoms. The Hall–Kier alpha value is -3.15. The maximum atomic E-state index is 5.83. The molecule has 6 nitrogen and oxygen atoms in total. The highest BCUT2D eigenvalue weighted by atomic mass is 16.5. The first-order valence-electron chi connectivity index (χ1n) is 8.25. The summed E-state index contributed by atoms with van der Waals surface area (Å²) in [6.45, 7) is 4.86. The first kappa shape index (κ1) is 15.4. The maximum absolute atomic E-state index is 5.83. The summed E-state index contributed by atoms with van der Waals surface area (Å²) in [6.07, 6.45) is 1.51. The van der Waals surface area contributed by atoms with Crippen LogP contribution in [0.25, 0.3) is 22.4 Å². The van der Waals surface area contributed by atoms with Crippen LogP contribution in [-0.4, -0.2) is 19.7 Å². The van der Waals surface area contributed by atoms with Crippen LogP contribution >= 0.6 is 0 Å². The number of hydrogen-bond donors (Lipinski definition) is 0. The highest BCUT2D eigenvalue weighted by Gasteiger charge is 2.17. The van der Waals surface area contributed by atoms with Gasteiger partial charge in [0.1, 0.15) is 5.75 Å². The molecule has 1 atom stereocenters. The third-order valence-corrected chi connectivity index (χ3v) is 4.07. The molecule has 0 bridgehead atoms. The molecule has 0 amide bonds. The molecule has 0 fully saturated rings. The number of rotatable bonds is 5. The van der Waals surface area contributed by atoms with E-state index in [-0.39, 0.29) is 6.10 Å². The highest BCUT2D eigenvalue weighted by molar-refractivity contribution is 5.80. The number of ether oxygens (including phenoxy) is 1. The Morgan fingerprint density at radius 1 is 1.16 bits per heavy atom. The fourth-order valence-corrected chi connectivity index (χ4v) is 2.73. The largest absolute Gasteiger partial charge is 0.481 e. The summed E-state index contributed by atoms with van der Waals surface area (Å²) in [7, 11) is 0. The Bertz CT molecular complexity index is 991. The van der Waals surface area contributed by atoms with Gasteiger partial charge in [-0.15, -0.1) is 0 Å². The van der Waals surface area contributed by atoms with Crippen LogP contribution < -0.4 is 4.74 Å². The smallest absolute Gasteiger partial charge is 0.267 e. The van der Waals surface area contributed by atoms with Gasteiger partial charge in [-0.05, 0) is 44.2 Å². The van der Waals surface area contributed by atoms with Crippen molar-refractivity contribution in [2.24, 2.45) is 0 Å². The van der Waals surface area contributed by atoms with Crippen LogP contribution in [0.1, 0.15) is 25.8 Å². The quantitative estimate of drug-likeness (QED) is 0.546. The van der Waals surface area contributed by atoms with Crippen LogP contribution in [0.4, 0.5) is 0 Å². The lowest BCUT2D eigenvalue weighted by atomic mass is 10.2. The number of fused-ring (bicyclic) bond motifs is 1. The second-order valence-electron chi connectivity index (χ2n) is 5.76. The zero-order valence-corrected chi connectivity index (χ0v) is 14.1. The van der Waals surface area contributed by atoms with E-state index in [2.05, 4.69) is 26.6 Å². The third kappa shape index (κ3) is 2.98. The monoisotopic (exact) mass is 334 g/mol. The second kappa shape index (κ2) is 6.39. The van der Waals surface area contributed by atoms with E-state index in [1.54, 1.807) is 0 Å². The molecule has 0 N–H and O–H groups in total. The SMILES string of the molecule is CCn1cnc2cc(-c3noc([C@H](C)Oc4ccccc4)n3)ccc21. The van der Waals surface area contributed by atoms with E-state index in [1.807, 2.05) is 61.8 Å². The minimum absolute atomic E-state index is 0.327.